The lowest BCUT2D eigenvalue weighted by atomic mass is 9.89. The molecule has 0 amide bonds. The van der Waals surface area contributed by atoms with Crippen LogP contribution in [0.2, 0.25) is 0 Å². The van der Waals surface area contributed by atoms with Gasteiger partial charge in [0, 0.05) is 6.04 Å². The predicted molar refractivity (Wildman–Crippen MR) is 77.3 cm³/mol. The highest BCUT2D eigenvalue weighted by Gasteiger charge is 2.37. The number of hydrogen-bond donors (Lipinski definition) is 1. The van der Waals surface area contributed by atoms with E-state index in [1.807, 2.05) is 0 Å². The molecule has 116 valence electrons. The number of nitrogens with one attached hydrogen (secondary N) is 1. The largest absolute Gasteiger partial charge is 0.465 e. The van der Waals surface area contributed by atoms with Gasteiger partial charge in [-0.1, -0.05) is 11.8 Å². The van der Waals surface area contributed by atoms with Gasteiger partial charge in [-0.2, -0.15) is 0 Å². The molecule has 1 heterocycles. The van der Waals surface area contributed by atoms with Gasteiger partial charge >= 0.3 is 11.7 Å². The summed E-state index contributed by atoms with van der Waals surface area (Å²) in [5.41, 5.74) is -1.44. The number of carbonyl (C=O) groups excluding carboxylic acids is 2. The number of aromatic nitrogens is 3. The number of rotatable bonds is 7. The molecule has 0 spiro atoms. The van der Waals surface area contributed by atoms with E-state index >= 15 is 0 Å². The second-order valence-corrected chi connectivity index (χ2v) is 6.41. The van der Waals surface area contributed by atoms with E-state index in [1.54, 1.807) is 25.3 Å². The van der Waals surface area contributed by atoms with Gasteiger partial charge in [0.05, 0.1) is 12.4 Å². The predicted octanol–water partition coefficient (Wildman–Crippen LogP) is 1.16. The second kappa shape index (κ2) is 6.05. The zero-order valence-corrected chi connectivity index (χ0v) is 13.2. The van der Waals surface area contributed by atoms with Crippen molar-refractivity contribution in [2.75, 3.05) is 12.4 Å². The van der Waals surface area contributed by atoms with Crippen LogP contribution in [0.3, 0.4) is 0 Å². The molecule has 1 saturated carbocycles. The molecule has 0 saturated heterocycles. The SMILES string of the molecule is CCOC(=O)C(C)(C)C(=O)CSc1n[nH]c(=O)n1C1CC1. The lowest BCUT2D eigenvalue weighted by molar-refractivity contribution is -0.157. The van der Waals surface area contributed by atoms with E-state index in [4.69, 9.17) is 4.74 Å². The summed E-state index contributed by atoms with van der Waals surface area (Å²) in [6.45, 7) is 5.04. The zero-order chi connectivity index (χ0) is 15.6. The summed E-state index contributed by atoms with van der Waals surface area (Å²) in [4.78, 5) is 35.6. The Hall–Kier alpha value is -1.57. The number of hydrogen-bond acceptors (Lipinski definition) is 6. The normalized spacial score (nSPS) is 15.0. The Morgan fingerprint density at radius 3 is 2.71 bits per heavy atom. The number of ether oxygens (including phenoxy) is 1. The highest BCUT2D eigenvalue weighted by molar-refractivity contribution is 7.99. The van der Waals surface area contributed by atoms with Gasteiger partial charge in [0.15, 0.2) is 10.9 Å². The lowest BCUT2D eigenvalue weighted by Crippen LogP contribution is -2.36. The van der Waals surface area contributed by atoms with E-state index in [0.29, 0.717) is 5.16 Å². The van der Waals surface area contributed by atoms with Crippen molar-refractivity contribution in [3.8, 4) is 0 Å². The van der Waals surface area contributed by atoms with E-state index < -0.39 is 11.4 Å². The van der Waals surface area contributed by atoms with E-state index in [-0.39, 0.29) is 29.9 Å². The van der Waals surface area contributed by atoms with Crippen LogP contribution in [-0.4, -0.2) is 38.9 Å². The topological polar surface area (TPSA) is 94.1 Å². The molecule has 1 N–H and O–H groups in total. The smallest absolute Gasteiger partial charge is 0.344 e. The summed E-state index contributed by atoms with van der Waals surface area (Å²) in [6, 6.07) is 0.187. The minimum atomic E-state index is -1.19. The third-order valence-electron chi connectivity index (χ3n) is 3.40. The zero-order valence-electron chi connectivity index (χ0n) is 12.3. The number of nitrogens with zero attached hydrogens (tertiary/aromatic N) is 2. The van der Waals surface area contributed by atoms with Crippen LogP contribution in [0.25, 0.3) is 0 Å². The Kier molecular flexibility index (Phi) is 4.55. The van der Waals surface area contributed by atoms with Gasteiger partial charge in [-0.25, -0.2) is 9.89 Å². The Bertz CT molecular complexity index is 601. The van der Waals surface area contributed by atoms with Crippen molar-refractivity contribution in [1.82, 2.24) is 14.8 Å². The van der Waals surface area contributed by atoms with Crippen LogP contribution in [0.5, 0.6) is 0 Å². The first-order chi connectivity index (χ1) is 9.87. The molecule has 1 fully saturated rings. The average Bonchev–Trinajstić information content (AvgIpc) is 3.20. The highest BCUT2D eigenvalue weighted by atomic mass is 32.2. The summed E-state index contributed by atoms with van der Waals surface area (Å²) in [5, 5.41) is 6.83. The van der Waals surface area contributed by atoms with E-state index in [9.17, 15) is 14.4 Å². The third-order valence-corrected chi connectivity index (χ3v) is 4.35. The van der Waals surface area contributed by atoms with Crippen LogP contribution in [0.4, 0.5) is 0 Å². The van der Waals surface area contributed by atoms with Crippen LogP contribution in [0.15, 0.2) is 9.95 Å². The van der Waals surface area contributed by atoms with Gasteiger partial charge in [-0.05, 0) is 33.6 Å². The van der Waals surface area contributed by atoms with Crippen LogP contribution in [0, 0.1) is 5.41 Å². The first kappa shape index (κ1) is 15.8. The van der Waals surface area contributed by atoms with Crippen molar-refractivity contribution in [2.45, 2.75) is 44.8 Å². The molecule has 7 nitrogen and oxygen atoms in total. The molecule has 0 unspecified atom stereocenters. The number of H-pyrrole nitrogens is 1. The van der Waals surface area contributed by atoms with Gasteiger partial charge < -0.3 is 4.74 Å². The third kappa shape index (κ3) is 3.37. The molecular formula is C13H19N3O4S. The maximum Gasteiger partial charge on any atom is 0.344 e. The van der Waals surface area contributed by atoms with Crippen molar-refractivity contribution < 1.29 is 14.3 Å². The number of aromatic amines is 1. The number of carbonyl (C=O) groups is 2. The van der Waals surface area contributed by atoms with Gasteiger partial charge in [0.2, 0.25) is 0 Å². The molecule has 8 heteroatoms. The maximum absolute atomic E-state index is 12.2. The monoisotopic (exact) mass is 313 g/mol. The fraction of sp³-hybridized carbons (Fsp3) is 0.692. The summed E-state index contributed by atoms with van der Waals surface area (Å²) in [6.07, 6.45) is 1.91. The van der Waals surface area contributed by atoms with Gasteiger partial charge in [0.1, 0.15) is 5.41 Å². The molecule has 0 bridgehead atoms. The fourth-order valence-corrected chi connectivity index (χ4v) is 2.88. The Morgan fingerprint density at radius 2 is 2.14 bits per heavy atom. The van der Waals surface area contributed by atoms with E-state index in [1.165, 1.54) is 11.8 Å². The molecule has 0 aromatic carbocycles. The summed E-state index contributed by atoms with van der Waals surface area (Å²) in [5.74, 6) is -0.705. The minimum Gasteiger partial charge on any atom is -0.465 e. The Labute approximate surface area is 126 Å². The van der Waals surface area contributed by atoms with Crippen molar-refractivity contribution in [2.24, 2.45) is 5.41 Å². The van der Waals surface area contributed by atoms with Gasteiger partial charge in [-0.15, -0.1) is 5.10 Å². The van der Waals surface area contributed by atoms with Gasteiger partial charge in [0.25, 0.3) is 0 Å². The number of esters is 1. The molecule has 2 rings (SSSR count). The Balaban J connectivity index is 2.01. The first-order valence-corrected chi connectivity index (χ1v) is 7.86. The molecule has 0 atom stereocenters. The average molecular weight is 313 g/mol. The molecule has 21 heavy (non-hydrogen) atoms. The van der Waals surface area contributed by atoms with Crippen LogP contribution in [-0.2, 0) is 14.3 Å². The molecule has 0 aliphatic heterocycles. The molecule has 1 aromatic heterocycles. The molecule has 1 aromatic rings. The number of ketones is 1. The van der Waals surface area contributed by atoms with Crippen LogP contribution >= 0.6 is 11.8 Å². The number of thioether (sulfide) groups is 1. The fourth-order valence-electron chi connectivity index (χ4n) is 1.78. The second-order valence-electron chi connectivity index (χ2n) is 5.47. The van der Waals surface area contributed by atoms with Gasteiger partial charge in [-0.3, -0.25) is 14.2 Å². The van der Waals surface area contributed by atoms with Crippen molar-refractivity contribution >= 4 is 23.5 Å². The van der Waals surface area contributed by atoms with Crippen LogP contribution < -0.4 is 5.69 Å². The lowest BCUT2D eigenvalue weighted by Gasteiger charge is -2.20. The molecular weight excluding hydrogens is 294 g/mol. The molecule has 0 radical (unpaired) electrons. The summed E-state index contributed by atoms with van der Waals surface area (Å²) < 4.78 is 6.49. The van der Waals surface area contributed by atoms with Crippen molar-refractivity contribution in [3.63, 3.8) is 0 Å². The number of Topliss-reactive ketones (excluding diaryl/α,β-unsaturated/α-hetero) is 1. The maximum atomic E-state index is 12.2. The minimum absolute atomic E-state index is 0.0722. The first-order valence-electron chi connectivity index (χ1n) is 6.88. The van der Waals surface area contributed by atoms with Crippen molar-refractivity contribution in [3.05, 3.63) is 10.5 Å². The summed E-state index contributed by atoms with van der Waals surface area (Å²) in [7, 11) is 0. The molecule has 1 aliphatic rings. The van der Waals surface area contributed by atoms with Crippen molar-refractivity contribution in [1.29, 1.82) is 0 Å². The van der Waals surface area contributed by atoms with E-state index in [0.717, 1.165) is 12.8 Å². The standard InChI is InChI=1S/C13H19N3O4S/c1-4-20-10(18)13(2,3)9(17)7-21-12-15-14-11(19)16(12)8-5-6-8/h8H,4-7H2,1-3H3,(H,14,19). The van der Waals surface area contributed by atoms with E-state index in [2.05, 4.69) is 10.2 Å². The quantitative estimate of drug-likeness (QED) is 0.461. The summed E-state index contributed by atoms with van der Waals surface area (Å²) >= 11 is 1.17. The molecule has 1 aliphatic carbocycles. The highest BCUT2D eigenvalue weighted by Crippen LogP contribution is 2.36. The van der Waals surface area contributed by atoms with Crippen LogP contribution in [0.1, 0.15) is 39.7 Å². The Morgan fingerprint density at radius 1 is 1.48 bits per heavy atom.